The third kappa shape index (κ3) is 4.88. The number of para-hydroxylation sites is 1. The minimum atomic E-state index is -1.46. The molecule has 0 saturated carbocycles. The zero-order chi connectivity index (χ0) is 13.5. The molecule has 0 aromatic heterocycles. The van der Waals surface area contributed by atoms with Crippen LogP contribution in [0.4, 0.5) is 10.5 Å². The predicted molar refractivity (Wildman–Crippen MR) is 74.4 cm³/mol. The van der Waals surface area contributed by atoms with Gasteiger partial charge < -0.3 is 20.8 Å². The second-order valence-electron chi connectivity index (χ2n) is 3.50. The van der Waals surface area contributed by atoms with Crippen LogP contribution in [0.5, 0.6) is 0 Å². The van der Waals surface area contributed by atoms with Crippen molar-refractivity contribution in [2.75, 3.05) is 11.9 Å². The number of benzene rings is 1. The summed E-state index contributed by atoms with van der Waals surface area (Å²) in [6.45, 7) is 0.0860. The van der Waals surface area contributed by atoms with Crippen LogP contribution in [0.2, 0.25) is 0 Å². The van der Waals surface area contributed by atoms with E-state index in [1.54, 1.807) is 12.1 Å². The number of anilines is 1. The average Bonchev–Trinajstić information content (AvgIpc) is 2.32. The molecule has 1 aromatic carbocycles. The molecular weight excluding hydrogens is 351 g/mol. The van der Waals surface area contributed by atoms with Crippen molar-refractivity contribution in [2.45, 2.75) is 12.5 Å². The van der Waals surface area contributed by atoms with Gasteiger partial charge in [0, 0.05) is 16.5 Å². The van der Waals surface area contributed by atoms with E-state index in [9.17, 15) is 9.59 Å². The minimum Gasteiger partial charge on any atom is -0.479 e. The average molecular weight is 364 g/mol. The van der Waals surface area contributed by atoms with Crippen molar-refractivity contribution in [3.05, 3.63) is 27.8 Å². The van der Waals surface area contributed by atoms with Gasteiger partial charge in [0.15, 0.2) is 6.10 Å². The molecule has 1 atom stereocenters. The smallest absolute Gasteiger partial charge is 0.332 e. The second kappa shape index (κ2) is 7.17. The van der Waals surface area contributed by atoms with Crippen molar-refractivity contribution in [2.24, 2.45) is 0 Å². The summed E-state index contributed by atoms with van der Waals surface area (Å²) in [6.07, 6.45) is -1.49. The van der Waals surface area contributed by atoms with Crippen molar-refractivity contribution in [1.82, 2.24) is 5.32 Å². The fourth-order valence-corrected chi connectivity index (χ4v) is 1.70. The Kier molecular flexibility index (Phi) is 5.86. The van der Waals surface area contributed by atoms with Crippen molar-refractivity contribution in [3.63, 3.8) is 0 Å². The van der Waals surface area contributed by atoms with Crippen LogP contribution in [0.1, 0.15) is 6.42 Å². The number of amides is 2. The number of aliphatic carboxylic acids is 1. The molecule has 0 heterocycles. The Bertz CT molecular complexity index is 439. The number of halogens is 1. The molecular formula is C11H13IN2O4. The van der Waals surface area contributed by atoms with Crippen LogP contribution < -0.4 is 10.6 Å². The minimum absolute atomic E-state index is 0.0331. The van der Waals surface area contributed by atoms with Crippen LogP contribution in [-0.2, 0) is 4.79 Å². The molecule has 18 heavy (non-hydrogen) atoms. The first kappa shape index (κ1) is 14.7. The van der Waals surface area contributed by atoms with E-state index in [2.05, 4.69) is 33.2 Å². The Balaban J connectivity index is 2.35. The van der Waals surface area contributed by atoms with E-state index in [1.165, 1.54) is 0 Å². The Morgan fingerprint density at radius 1 is 1.33 bits per heavy atom. The van der Waals surface area contributed by atoms with Gasteiger partial charge in [0.25, 0.3) is 0 Å². The zero-order valence-electron chi connectivity index (χ0n) is 9.39. The number of hydrogen-bond donors (Lipinski definition) is 4. The molecule has 0 bridgehead atoms. The number of carboxylic acids is 1. The molecule has 1 aromatic rings. The van der Waals surface area contributed by atoms with Crippen molar-refractivity contribution in [3.8, 4) is 0 Å². The quantitative estimate of drug-likeness (QED) is 0.591. The number of rotatable bonds is 5. The summed E-state index contributed by atoms with van der Waals surface area (Å²) >= 11 is 2.09. The first-order valence-corrected chi connectivity index (χ1v) is 6.29. The maximum absolute atomic E-state index is 11.5. The van der Waals surface area contributed by atoms with E-state index in [0.717, 1.165) is 3.57 Å². The van der Waals surface area contributed by atoms with E-state index in [-0.39, 0.29) is 13.0 Å². The maximum Gasteiger partial charge on any atom is 0.332 e. The van der Waals surface area contributed by atoms with Gasteiger partial charge in [-0.25, -0.2) is 9.59 Å². The number of aliphatic hydroxyl groups excluding tert-OH is 1. The fraction of sp³-hybridized carbons (Fsp3) is 0.273. The first-order valence-electron chi connectivity index (χ1n) is 5.21. The maximum atomic E-state index is 11.5. The number of carbonyl (C=O) groups excluding carboxylic acids is 1. The van der Waals surface area contributed by atoms with Gasteiger partial charge in [-0.15, -0.1) is 0 Å². The molecule has 1 rings (SSSR count). The molecule has 6 nitrogen and oxygen atoms in total. The number of carbonyl (C=O) groups is 2. The van der Waals surface area contributed by atoms with Gasteiger partial charge in [0.1, 0.15) is 0 Å². The summed E-state index contributed by atoms with van der Waals surface area (Å²) in [6, 6.07) is 6.83. The molecule has 7 heteroatoms. The molecule has 0 spiro atoms. The van der Waals surface area contributed by atoms with Gasteiger partial charge in [-0.05, 0) is 34.7 Å². The molecule has 0 aliphatic rings. The highest BCUT2D eigenvalue weighted by atomic mass is 127. The van der Waals surface area contributed by atoms with Gasteiger partial charge in [-0.2, -0.15) is 0 Å². The van der Waals surface area contributed by atoms with Crippen LogP contribution in [0.3, 0.4) is 0 Å². The van der Waals surface area contributed by atoms with E-state index in [1.807, 2.05) is 12.1 Å². The van der Waals surface area contributed by atoms with Gasteiger partial charge >= 0.3 is 12.0 Å². The summed E-state index contributed by atoms with van der Waals surface area (Å²) in [7, 11) is 0. The lowest BCUT2D eigenvalue weighted by Gasteiger charge is -2.09. The first-order chi connectivity index (χ1) is 8.50. The molecule has 0 unspecified atom stereocenters. The van der Waals surface area contributed by atoms with Gasteiger partial charge in [0.05, 0.1) is 5.69 Å². The van der Waals surface area contributed by atoms with Crippen molar-refractivity contribution >= 4 is 40.3 Å². The van der Waals surface area contributed by atoms with Crippen LogP contribution >= 0.6 is 22.6 Å². The predicted octanol–water partition coefficient (Wildman–Crippen LogP) is 1.25. The van der Waals surface area contributed by atoms with Crippen LogP contribution in [0, 0.1) is 3.57 Å². The van der Waals surface area contributed by atoms with E-state index < -0.39 is 18.1 Å². The topological polar surface area (TPSA) is 98.7 Å². The summed E-state index contributed by atoms with van der Waals surface area (Å²) in [5.41, 5.74) is 0.675. The summed E-state index contributed by atoms with van der Waals surface area (Å²) in [5.74, 6) is -1.30. The SMILES string of the molecule is O=C(NCC[C@H](O)C(=O)O)Nc1ccccc1I. The Morgan fingerprint density at radius 3 is 2.61 bits per heavy atom. The molecule has 0 saturated heterocycles. The van der Waals surface area contributed by atoms with Crippen LogP contribution in [0.15, 0.2) is 24.3 Å². The third-order valence-electron chi connectivity index (χ3n) is 2.11. The Labute approximate surface area is 118 Å². The lowest BCUT2D eigenvalue weighted by atomic mass is 10.2. The van der Waals surface area contributed by atoms with Crippen molar-refractivity contribution < 1.29 is 19.8 Å². The molecule has 0 fully saturated rings. The molecule has 0 radical (unpaired) electrons. The highest BCUT2D eigenvalue weighted by molar-refractivity contribution is 14.1. The zero-order valence-corrected chi connectivity index (χ0v) is 11.5. The summed E-state index contributed by atoms with van der Waals surface area (Å²) in [5, 5.41) is 22.5. The largest absolute Gasteiger partial charge is 0.479 e. The number of hydrogen-bond acceptors (Lipinski definition) is 3. The third-order valence-corrected chi connectivity index (χ3v) is 3.05. The molecule has 98 valence electrons. The van der Waals surface area contributed by atoms with Gasteiger partial charge in [-0.3, -0.25) is 0 Å². The lowest BCUT2D eigenvalue weighted by molar-refractivity contribution is -0.146. The Morgan fingerprint density at radius 2 is 2.00 bits per heavy atom. The molecule has 0 aliphatic heterocycles. The lowest BCUT2D eigenvalue weighted by Crippen LogP contribution is -2.33. The van der Waals surface area contributed by atoms with Crippen LogP contribution in [0.25, 0.3) is 0 Å². The number of nitrogens with one attached hydrogen (secondary N) is 2. The van der Waals surface area contributed by atoms with E-state index in [0.29, 0.717) is 5.69 Å². The second-order valence-corrected chi connectivity index (χ2v) is 4.67. The summed E-state index contributed by atoms with van der Waals surface area (Å²) < 4.78 is 0.899. The molecule has 0 aliphatic carbocycles. The van der Waals surface area contributed by atoms with Crippen molar-refractivity contribution in [1.29, 1.82) is 0 Å². The highest BCUT2D eigenvalue weighted by Crippen LogP contribution is 2.16. The molecule has 4 N–H and O–H groups in total. The number of urea groups is 1. The van der Waals surface area contributed by atoms with E-state index >= 15 is 0 Å². The molecule has 2 amide bonds. The number of carboxylic acid groups (broad SMARTS) is 1. The Hall–Kier alpha value is -1.35. The van der Waals surface area contributed by atoms with Crippen LogP contribution in [-0.4, -0.2) is 34.9 Å². The summed E-state index contributed by atoms with van der Waals surface area (Å²) in [4.78, 5) is 21.8. The monoisotopic (exact) mass is 364 g/mol. The standard InChI is InChI=1S/C11H13IN2O4/c12-7-3-1-2-4-8(7)14-11(18)13-6-5-9(15)10(16)17/h1-4,9,15H,5-6H2,(H,16,17)(H2,13,14,18)/t9-/m0/s1. The van der Waals surface area contributed by atoms with E-state index in [4.69, 9.17) is 10.2 Å². The fourth-order valence-electron chi connectivity index (χ4n) is 1.17. The van der Waals surface area contributed by atoms with Gasteiger partial charge in [-0.1, -0.05) is 12.1 Å². The normalized spacial score (nSPS) is 11.7. The van der Waals surface area contributed by atoms with Gasteiger partial charge in [0.2, 0.25) is 0 Å². The number of aliphatic hydroxyl groups is 1. The highest BCUT2D eigenvalue weighted by Gasteiger charge is 2.12.